The molecule has 2 N–H and O–H groups in total. The van der Waals surface area contributed by atoms with Crippen LogP contribution in [-0.4, -0.2) is 44.1 Å². The van der Waals surface area contributed by atoms with Crippen LogP contribution in [0.4, 0.5) is 10.5 Å². The lowest BCUT2D eigenvalue weighted by Crippen LogP contribution is -2.46. The lowest BCUT2D eigenvalue weighted by Gasteiger charge is -2.38. The minimum atomic E-state index is -0.112. The van der Waals surface area contributed by atoms with Crippen LogP contribution in [0, 0.1) is 11.8 Å². The predicted octanol–water partition coefficient (Wildman–Crippen LogP) is 4.29. The van der Waals surface area contributed by atoms with E-state index in [0.29, 0.717) is 43.4 Å². The molecule has 2 aromatic rings. The van der Waals surface area contributed by atoms with E-state index in [1.807, 2.05) is 47.4 Å². The van der Waals surface area contributed by atoms with Crippen LogP contribution < -0.4 is 20.1 Å². The van der Waals surface area contributed by atoms with Gasteiger partial charge < -0.3 is 25.0 Å². The van der Waals surface area contributed by atoms with E-state index in [1.165, 1.54) is 0 Å². The van der Waals surface area contributed by atoms with Crippen molar-refractivity contribution in [2.45, 2.75) is 32.7 Å². The Morgan fingerprint density at radius 1 is 1.03 bits per heavy atom. The Hall–Kier alpha value is -3.22. The van der Waals surface area contributed by atoms with E-state index >= 15 is 0 Å². The summed E-state index contributed by atoms with van der Waals surface area (Å²) < 4.78 is 10.4. The van der Waals surface area contributed by atoms with E-state index in [0.717, 1.165) is 24.2 Å². The largest absolute Gasteiger partial charge is 0.497 e. The van der Waals surface area contributed by atoms with Gasteiger partial charge in [0.2, 0.25) is 5.91 Å². The molecule has 0 aliphatic carbocycles. The molecule has 1 aliphatic rings. The maximum absolute atomic E-state index is 12.7. The molecule has 3 amide bonds. The normalized spacial score (nSPS) is 18.0. The topological polar surface area (TPSA) is 79.9 Å². The fraction of sp³-hybridized carbons (Fsp3) is 0.440. The third-order valence-corrected chi connectivity index (χ3v) is 6.12. The lowest BCUT2D eigenvalue weighted by molar-refractivity contribution is -0.123. The highest BCUT2D eigenvalue weighted by Crippen LogP contribution is 2.29. The van der Waals surface area contributed by atoms with E-state index in [1.54, 1.807) is 20.3 Å². The van der Waals surface area contributed by atoms with Crippen LogP contribution in [0.5, 0.6) is 11.5 Å². The van der Waals surface area contributed by atoms with Crippen molar-refractivity contribution < 1.29 is 19.1 Å². The van der Waals surface area contributed by atoms with Gasteiger partial charge in [-0.1, -0.05) is 31.5 Å². The summed E-state index contributed by atoms with van der Waals surface area (Å²) in [5.74, 6) is 2.13. The SMILES string of the molecule is CC[C@H]1CN(C(=O)Nc2cccc(OC)c2)CC[C@H]1CC(=O)NCc1ccc(OC)cc1. The molecule has 0 aromatic heterocycles. The number of nitrogens with zero attached hydrogens (tertiary/aromatic N) is 1. The Kier molecular flexibility index (Phi) is 8.36. The van der Waals surface area contributed by atoms with Gasteiger partial charge in [-0.15, -0.1) is 0 Å². The Labute approximate surface area is 190 Å². The van der Waals surface area contributed by atoms with Gasteiger partial charge in [-0.2, -0.15) is 0 Å². The van der Waals surface area contributed by atoms with Crippen LogP contribution in [0.2, 0.25) is 0 Å². The van der Waals surface area contributed by atoms with Gasteiger partial charge in [-0.05, 0) is 48.1 Å². The van der Waals surface area contributed by atoms with Crippen LogP contribution in [0.15, 0.2) is 48.5 Å². The summed E-state index contributed by atoms with van der Waals surface area (Å²) >= 11 is 0. The number of piperidine rings is 1. The number of carbonyl (C=O) groups is 2. The monoisotopic (exact) mass is 439 g/mol. The van der Waals surface area contributed by atoms with Gasteiger partial charge in [0.05, 0.1) is 14.2 Å². The molecule has 1 saturated heterocycles. The number of ether oxygens (including phenoxy) is 2. The number of benzene rings is 2. The van der Waals surface area contributed by atoms with Crippen molar-refractivity contribution in [3.05, 3.63) is 54.1 Å². The molecule has 0 unspecified atom stereocenters. The molecule has 32 heavy (non-hydrogen) atoms. The number of hydrogen-bond acceptors (Lipinski definition) is 4. The van der Waals surface area contributed by atoms with E-state index in [4.69, 9.17) is 9.47 Å². The van der Waals surface area contributed by atoms with Gasteiger partial charge in [0.15, 0.2) is 0 Å². The molecule has 0 bridgehead atoms. The van der Waals surface area contributed by atoms with Crippen LogP contribution in [0.1, 0.15) is 31.7 Å². The van der Waals surface area contributed by atoms with Crippen molar-refractivity contribution >= 4 is 17.6 Å². The molecule has 7 heteroatoms. The van der Waals surface area contributed by atoms with Crippen molar-refractivity contribution in [3.63, 3.8) is 0 Å². The molecule has 172 valence electrons. The number of nitrogens with one attached hydrogen (secondary N) is 2. The first-order chi connectivity index (χ1) is 15.5. The van der Waals surface area contributed by atoms with Gasteiger partial charge in [0.1, 0.15) is 11.5 Å². The summed E-state index contributed by atoms with van der Waals surface area (Å²) in [6.45, 7) is 3.92. The summed E-state index contributed by atoms with van der Waals surface area (Å²) in [5, 5.41) is 5.97. The third kappa shape index (κ3) is 6.39. The maximum atomic E-state index is 12.7. The molecule has 2 atom stereocenters. The zero-order valence-corrected chi connectivity index (χ0v) is 19.1. The van der Waals surface area contributed by atoms with Crippen LogP contribution in [-0.2, 0) is 11.3 Å². The predicted molar refractivity (Wildman–Crippen MR) is 125 cm³/mol. The Bertz CT molecular complexity index is 900. The number of rotatable bonds is 8. The number of hydrogen-bond donors (Lipinski definition) is 2. The van der Waals surface area contributed by atoms with E-state index in [-0.39, 0.29) is 17.9 Å². The summed E-state index contributed by atoms with van der Waals surface area (Å²) in [4.78, 5) is 27.1. The van der Waals surface area contributed by atoms with Crippen molar-refractivity contribution in [2.24, 2.45) is 11.8 Å². The number of likely N-dealkylation sites (tertiary alicyclic amines) is 1. The smallest absolute Gasteiger partial charge is 0.321 e. The fourth-order valence-corrected chi connectivity index (χ4v) is 4.15. The summed E-state index contributed by atoms with van der Waals surface area (Å²) in [5.41, 5.74) is 1.75. The van der Waals surface area contributed by atoms with Crippen molar-refractivity contribution in [3.8, 4) is 11.5 Å². The van der Waals surface area contributed by atoms with E-state index in [2.05, 4.69) is 17.6 Å². The summed E-state index contributed by atoms with van der Waals surface area (Å²) in [6.07, 6.45) is 2.24. The molecule has 0 radical (unpaired) electrons. The molecular weight excluding hydrogens is 406 g/mol. The Morgan fingerprint density at radius 2 is 1.78 bits per heavy atom. The van der Waals surface area contributed by atoms with Crippen molar-refractivity contribution in [2.75, 3.05) is 32.6 Å². The third-order valence-electron chi connectivity index (χ3n) is 6.12. The number of methoxy groups -OCH3 is 2. The van der Waals surface area contributed by atoms with Crippen molar-refractivity contribution in [1.29, 1.82) is 0 Å². The minimum absolute atomic E-state index is 0.0542. The zero-order chi connectivity index (χ0) is 22.9. The lowest BCUT2D eigenvalue weighted by atomic mass is 9.81. The van der Waals surface area contributed by atoms with Gasteiger partial charge in [-0.3, -0.25) is 4.79 Å². The molecular formula is C25H33N3O4. The van der Waals surface area contributed by atoms with Gasteiger partial charge >= 0.3 is 6.03 Å². The molecule has 1 aliphatic heterocycles. The second-order valence-electron chi connectivity index (χ2n) is 8.15. The quantitative estimate of drug-likeness (QED) is 0.643. The number of carbonyl (C=O) groups excluding carboxylic acids is 2. The first-order valence-electron chi connectivity index (χ1n) is 11.1. The maximum Gasteiger partial charge on any atom is 0.321 e. The van der Waals surface area contributed by atoms with Gasteiger partial charge in [-0.25, -0.2) is 4.79 Å². The molecule has 1 heterocycles. The highest BCUT2D eigenvalue weighted by atomic mass is 16.5. The zero-order valence-electron chi connectivity index (χ0n) is 19.1. The standard InChI is InChI=1S/C25H33N3O4/c1-4-19-17-28(25(30)27-21-6-5-7-23(15-21)32-3)13-12-20(19)14-24(29)26-16-18-8-10-22(31-2)11-9-18/h5-11,15,19-20H,4,12-14,16-17H2,1-3H3,(H,26,29)(H,27,30)/t19-,20-/m0/s1. The summed E-state index contributed by atoms with van der Waals surface area (Å²) in [6, 6.07) is 14.9. The fourth-order valence-electron chi connectivity index (χ4n) is 4.15. The number of anilines is 1. The first kappa shape index (κ1) is 23.4. The van der Waals surface area contributed by atoms with E-state index in [9.17, 15) is 9.59 Å². The first-order valence-corrected chi connectivity index (χ1v) is 11.1. The van der Waals surface area contributed by atoms with Crippen LogP contribution in [0.25, 0.3) is 0 Å². The molecule has 0 spiro atoms. The Balaban J connectivity index is 1.48. The number of urea groups is 1. The molecule has 2 aromatic carbocycles. The molecule has 7 nitrogen and oxygen atoms in total. The molecule has 0 saturated carbocycles. The second-order valence-corrected chi connectivity index (χ2v) is 8.15. The molecule has 3 rings (SSSR count). The summed E-state index contributed by atoms with van der Waals surface area (Å²) in [7, 11) is 3.24. The van der Waals surface area contributed by atoms with Gasteiger partial charge in [0, 0.05) is 37.8 Å². The van der Waals surface area contributed by atoms with Gasteiger partial charge in [0.25, 0.3) is 0 Å². The van der Waals surface area contributed by atoms with Crippen LogP contribution in [0.3, 0.4) is 0 Å². The highest BCUT2D eigenvalue weighted by molar-refractivity contribution is 5.89. The average Bonchev–Trinajstić information content (AvgIpc) is 2.83. The highest BCUT2D eigenvalue weighted by Gasteiger charge is 2.31. The average molecular weight is 440 g/mol. The van der Waals surface area contributed by atoms with Crippen molar-refractivity contribution in [1.82, 2.24) is 10.2 Å². The second kappa shape index (κ2) is 11.4. The Morgan fingerprint density at radius 3 is 2.47 bits per heavy atom. The molecule has 1 fully saturated rings. The minimum Gasteiger partial charge on any atom is -0.497 e. The van der Waals surface area contributed by atoms with Crippen LogP contribution >= 0.6 is 0 Å². The number of amides is 3. The van der Waals surface area contributed by atoms with E-state index < -0.39 is 0 Å².